The first kappa shape index (κ1) is 14.1. The average Bonchev–Trinajstić information content (AvgIpc) is 2.28. The second-order valence-corrected chi connectivity index (χ2v) is 5.26. The molecule has 17 heavy (non-hydrogen) atoms. The van der Waals surface area contributed by atoms with E-state index >= 15 is 0 Å². The van der Waals surface area contributed by atoms with Gasteiger partial charge in [0, 0.05) is 30.8 Å². The molecule has 96 valence electrons. The minimum absolute atomic E-state index is 0.0153. The zero-order valence-corrected chi connectivity index (χ0v) is 11.4. The summed E-state index contributed by atoms with van der Waals surface area (Å²) in [5.41, 5.74) is 2.12. The van der Waals surface area contributed by atoms with Crippen LogP contribution in [0.4, 0.5) is 0 Å². The van der Waals surface area contributed by atoms with Crippen LogP contribution in [0.1, 0.15) is 31.7 Å². The molecule has 0 fully saturated rings. The van der Waals surface area contributed by atoms with E-state index in [-0.39, 0.29) is 12.0 Å². The summed E-state index contributed by atoms with van der Waals surface area (Å²) in [6, 6.07) is 6.09. The minimum atomic E-state index is -0.0153. The molecule has 3 heteroatoms. The van der Waals surface area contributed by atoms with E-state index in [2.05, 4.69) is 30.8 Å². The van der Waals surface area contributed by atoms with E-state index in [4.69, 9.17) is 0 Å². The Balaban J connectivity index is 2.58. The Bertz CT molecular complexity index is 348. The third kappa shape index (κ3) is 4.44. The molecule has 0 aliphatic carbocycles. The van der Waals surface area contributed by atoms with Crippen molar-refractivity contribution in [2.75, 3.05) is 20.2 Å². The normalized spacial score (nSPS) is 14.9. The van der Waals surface area contributed by atoms with Crippen LogP contribution in [-0.4, -0.2) is 35.2 Å². The maximum absolute atomic E-state index is 9.40. The highest BCUT2D eigenvalue weighted by atomic mass is 16.3. The van der Waals surface area contributed by atoms with Crippen LogP contribution in [0.5, 0.6) is 0 Å². The summed E-state index contributed by atoms with van der Waals surface area (Å²) < 4.78 is 0. The lowest BCUT2D eigenvalue weighted by Crippen LogP contribution is -2.35. The first-order valence-corrected chi connectivity index (χ1v) is 6.21. The van der Waals surface area contributed by atoms with Gasteiger partial charge in [0.1, 0.15) is 0 Å². The molecule has 0 saturated carbocycles. The SMILES string of the molecule is CCC(C)(CO)CN(C)Cc1cccc(C)n1. The molecule has 0 saturated heterocycles. The van der Waals surface area contributed by atoms with E-state index in [0.29, 0.717) is 0 Å². The van der Waals surface area contributed by atoms with Gasteiger partial charge in [0.15, 0.2) is 0 Å². The first-order valence-electron chi connectivity index (χ1n) is 6.21. The molecule has 0 radical (unpaired) electrons. The van der Waals surface area contributed by atoms with E-state index in [1.807, 2.05) is 25.1 Å². The van der Waals surface area contributed by atoms with Gasteiger partial charge in [-0.2, -0.15) is 0 Å². The fraction of sp³-hybridized carbons (Fsp3) is 0.643. The van der Waals surface area contributed by atoms with E-state index in [9.17, 15) is 5.11 Å². The van der Waals surface area contributed by atoms with Gasteiger partial charge in [0.2, 0.25) is 0 Å². The second kappa shape index (κ2) is 6.12. The van der Waals surface area contributed by atoms with Crippen molar-refractivity contribution < 1.29 is 5.11 Å². The number of aromatic nitrogens is 1. The van der Waals surface area contributed by atoms with Crippen molar-refractivity contribution in [1.82, 2.24) is 9.88 Å². The maximum atomic E-state index is 9.40. The molecule has 0 aromatic carbocycles. The summed E-state index contributed by atoms with van der Waals surface area (Å²) in [5.74, 6) is 0. The smallest absolute Gasteiger partial charge is 0.0547 e. The van der Waals surface area contributed by atoms with Crippen molar-refractivity contribution >= 4 is 0 Å². The van der Waals surface area contributed by atoms with E-state index in [1.165, 1.54) is 0 Å². The lowest BCUT2D eigenvalue weighted by atomic mass is 9.88. The lowest BCUT2D eigenvalue weighted by molar-refractivity contribution is 0.0925. The van der Waals surface area contributed by atoms with Gasteiger partial charge < -0.3 is 5.11 Å². The zero-order valence-electron chi connectivity index (χ0n) is 11.4. The van der Waals surface area contributed by atoms with Gasteiger partial charge >= 0.3 is 0 Å². The molecule has 0 aliphatic rings. The standard InChI is InChI=1S/C14H24N2O/c1-5-14(3,11-17)10-16(4)9-13-8-6-7-12(2)15-13/h6-8,17H,5,9-11H2,1-4H3. The molecular formula is C14H24N2O. The predicted octanol–water partition coefficient (Wildman–Crippen LogP) is 2.23. The molecular weight excluding hydrogens is 212 g/mol. The van der Waals surface area contributed by atoms with Crippen LogP contribution in [0.2, 0.25) is 0 Å². The molecule has 1 atom stereocenters. The Morgan fingerprint density at radius 2 is 2.12 bits per heavy atom. The van der Waals surface area contributed by atoms with Crippen LogP contribution in [-0.2, 0) is 6.54 Å². The van der Waals surface area contributed by atoms with Crippen molar-refractivity contribution in [3.8, 4) is 0 Å². The molecule has 3 nitrogen and oxygen atoms in total. The van der Waals surface area contributed by atoms with Crippen LogP contribution < -0.4 is 0 Å². The second-order valence-electron chi connectivity index (χ2n) is 5.26. The Morgan fingerprint density at radius 3 is 2.65 bits per heavy atom. The summed E-state index contributed by atoms with van der Waals surface area (Å²) in [6.45, 7) is 8.19. The van der Waals surface area contributed by atoms with Gasteiger partial charge in [0.25, 0.3) is 0 Å². The zero-order chi connectivity index (χ0) is 12.9. The van der Waals surface area contributed by atoms with Crippen LogP contribution in [0.25, 0.3) is 0 Å². The molecule has 1 unspecified atom stereocenters. The number of hydrogen-bond acceptors (Lipinski definition) is 3. The highest BCUT2D eigenvalue weighted by Crippen LogP contribution is 2.21. The highest BCUT2D eigenvalue weighted by Gasteiger charge is 2.22. The molecule has 0 bridgehead atoms. The summed E-state index contributed by atoms with van der Waals surface area (Å²) in [7, 11) is 2.08. The van der Waals surface area contributed by atoms with Crippen LogP contribution in [0.15, 0.2) is 18.2 Å². The number of rotatable bonds is 6. The molecule has 0 aliphatic heterocycles. The molecule has 1 N–H and O–H groups in total. The monoisotopic (exact) mass is 236 g/mol. The van der Waals surface area contributed by atoms with Crippen molar-refractivity contribution in [2.45, 2.75) is 33.7 Å². The van der Waals surface area contributed by atoms with Crippen molar-refractivity contribution in [3.05, 3.63) is 29.6 Å². The van der Waals surface area contributed by atoms with E-state index in [1.54, 1.807) is 0 Å². The van der Waals surface area contributed by atoms with Gasteiger partial charge in [-0.05, 0) is 32.5 Å². The number of aliphatic hydroxyl groups is 1. The maximum Gasteiger partial charge on any atom is 0.0547 e. The van der Waals surface area contributed by atoms with Crippen molar-refractivity contribution in [2.24, 2.45) is 5.41 Å². The van der Waals surface area contributed by atoms with Crippen LogP contribution in [0.3, 0.4) is 0 Å². The number of hydrogen-bond donors (Lipinski definition) is 1. The van der Waals surface area contributed by atoms with Gasteiger partial charge in [-0.25, -0.2) is 0 Å². The molecule has 1 heterocycles. The molecule has 1 rings (SSSR count). The highest BCUT2D eigenvalue weighted by molar-refractivity contribution is 5.09. The Labute approximate surface area is 104 Å². The third-order valence-corrected chi connectivity index (χ3v) is 3.26. The largest absolute Gasteiger partial charge is 0.396 e. The van der Waals surface area contributed by atoms with E-state index in [0.717, 1.165) is 30.9 Å². The van der Waals surface area contributed by atoms with Crippen molar-refractivity contribution in [1.29, 1.82) is 0 Å². The fourth-order valence-corrected chi connectivity index (χ4v) is 1.95. The topological polar surface area (TPSA) is 36.4 Å². The predicted molar refractivity (Wildman–Crippen MR) is 70.8 cm³/mol. The van der Waals surface area contributed by atoms with Gasteiger partial charge in [-0.3, -0.25) is 9.88 Å². The lowest BCUT2D eigenvalue weighted by Gasteiger charge is -2.31. The van der Waals surface area contributed by atoms with Gasteiger partial charge in [-0.15, -0.1) is 0 Å². The van der Waals surface area contributed by atoms with Crippen molar-refractivity contribution in [3.63, 3.8) is 0 Å². The summed E-state index contributed by atoms with van der Waals surface area (Å²) in [4.78, 5) is 6.71. The van der Waals surface area contributed by atoms with E-state index < -0.39 is 0 Å². The average molecular weight is 236 g/mol. The minimum Gasteiger partial charge on any atom is -0.396 e. The number of pyridine rings is 1. The summed E-state index contributed by atoms with van der Waals surface area (Å²) in [5, 5.41) is 9.40. The fourth-order valence-electron chi connectivity index (χ4n) is 1.95. The Kier molecular flexibility index (Phi) is 5.09. The number of nitrogens with zero attached hydrogens (tertiary/aromatic N) is 2. The molecule has 0 spiro atoms. The van der Waals surface area contributed by atoms with Gasteiger partial charge in [-0.1, -0.05) is 19.9 Å². The van der Waals surface area contributed by atoms with Crippen LogP contribution in [0, 0.1) is 12.3 Å². The molecule has 1 aromatic rings. The number of aliphatic hydroxyl groups excluding tert-OH is 1. The van der Waals surface area contributed by atoms with Gasteiger partial charge in [0.05, 0.1) is 5.69 Å². The van der Waals surface area contributed by atoms with Crippen LogP contribution >= 0.6 is 0 Å². The number of aryl methyl sites for hydroxylation is 1. The summed E-state index contributed by atoms with van der Waals surface area (Å²) in [6.07, 6.45) is 0.981. The summed E-state index contributed by atoms with van der Waals surface area (Å²) >= 11 is 0. The first-order chi connectivity index (χ1) is 7.99. The quantitative estimate of drug-likeness (QED) is 0.823. The third-order valence-electron chi connectivity index (χ3n) is 3.26. The Hall–Kier alpha value is -0.930. The molecule has 1 aromatic heterocycles. The molecule has 0 amide bonds. The Morgan fingerprint density at radius 1 is 1.41 bits per heavy atom.